The fourth-order valence-electron chi connectivity index (χ4n) is 1.82. The summed E-state index contributed by atoms with van der Waals surface area (Å²) in [5, 5.41) is 7.36. The molecule has 0 aliphatic carbocycles. The van der Waals surface area contributed by atoms with E-state index in [1.54, 1.807) is 12.1 Å². The van der Waals surface area contributed by atoms with Gasteiger partial charge in [-0.25, -0.2) is 22.3 Å². The van der Waals surface area contributed by atoms with Gasteiger partial charge in [-0.3, -0.25) is 4.79 Å². The molecule has 1 amide bonds. The predicted octanol–water partition coefficient (Wildman–Crippen LogP) is 2.73. The standard InChI is InChI=1S/C15H14F2N2O3S2/c16-10-1-3-13(4-2-10)23-6-5-15(20)19-12-7-11(17)8-14(9-12)24(18,21)22/h1-4,7-9H,5-6H2,(H,19,20)(H2,18,21,22). The minimum atomic E-state index is -4.07. The molecule has 0 unspecified atom stereocenters. The van der Waals surface area contributed by atoms with Crippen LogP contribution in [0.3, 0.4) is 0 Å². The van der Waals surface area contributed by atoms with Gasteiger partial charge in [-0.15, -0.1) is 11.8 Å². The quantitative estimate of drug-likeness (QED) is 0.763. The molecule has 2 aromatic carbocycles. The maximum Gasteiger partial charge on any atom is 0.238 e. The lowest BCUT2D eigenvalue weighted by atomic mass is 10.3. The summed E-state index contributed by atoms with van der Waals surface area (Å²) in [7, 11) is -4.07. The largest absolute Gasteiger partial charge is 0.326 e. The number of hydrogen-bond donors (Lipinski definition) is 2. The second-order valence-electron chi connectivity index (χ2n) is 4.82. The van der Waals surface area contributed by atoms with Gasteiger partial charge in [0, 0.05) is 22.8 Å². The lowest BCUT2D eigenvalue weighted by Gasteiger charge is -2.07. The van der Waals surface area contributed by atoms with E-state index in [1.807, 2.05) is 0 Å². The molecule has 2 rings (SSSR count). The maximum absolute atomic E-state index is 13.4. The van der Waals surface area contributed by atoms with Crippen LogP contribution in [-0.4, -0.2) is 20.1 Å². The molecular formula is C15H14F2N2O3S2. The van der Waals surface area contributed by atoms with Gasteiger partial charge in [0.2, 0.25) is 15.9 Å². The number of hydrogen-bond acceptors (Lipinski definition) is 4. The lowest BCUT2D eigenvalue weighted by molar-refractivity contribution is -0.115. The number of carbonyl (C=O) groups is 1. The highest BCUT2D eigenvalue weighted by Gasteiger charge is 2.12. The van der Waals surface area contributed by atoms with Gasteiger partial charge in [0.05, 0.1) is 4.90 Å². The van der Waals surface area contributed by atoms with Crippen molar-refractivity contribution in [3.8, 4) is 0 Å². The molecule has 0 saturated heterocycles. The van der Waals surface area contributed by atoms with Crippen LogP contribution in [0.25, 0.3) is 0 Å². The highest BCUT2D eigenvalue weighted by molar-refractivity contribution is 7.99. The number of amides is 1. The van der Waals surface area contributed by atoms with Gasteiger partial charge in [-0.1, -0.05) is 0 Å². The van der Waals surface area contributed by atoms with E-state index >= 15 is 0 Å². The zero-order valence-electron chi connectivity index (χ0n) is 12.3. The first-order valence-electron chi connectivity index (χ1n) is 6.76. The van der Waals surface area contributed by atoms with Crippen LogP contribution in [0, 0.1) is 11.6 Å². The van der Waals surface area contributed by atoms with Gasteiger partial charge in [0.15, 0.2) is 0 Å². The van der Waals surface area contributed by atoms with E-state index in [4.69, 9.17) is 5.14 Å². The average molecular weight is 372 g/mol. The molecule has 0 saturated carbocycles. The van der Waals surface area contributed by atoms with E-state index in [-0.39, 0.29) is 17.9 Å². The van der Waals surface area contributed by atoms with E-state index in [0.717, 1.165) is 23.1 Å². The molecule has 0 atom stereocenters. The zero-order chi connectivity index (χ0) is 17.7. The van der Waals surface area contributed by atoms with Crippen molar-refractivity contribution in [1.82, 2.24) is 0 Å². The molecule has 24 heavy (non-hydrogen) atoms. The van der Waals surface area contributed by atoms with Gasteiger partial charge < -0.3 is 5.32 Å². The van der Waals surface area contributed by atoms with Crippen LogP contribution in [0.2, 0.25) is 0 Å². The second kappa shape index (κ2) is 7.73. The Bertz CT molecular complexity index is 840. The van der Waals surface area contributed by atoms with E-state index in [9.17, 15) is 22.0 Å². The molecule has 0 aromatic heterocycles. The molecule has 128 valence electrons. The highest BCUT2D eigenvalue weighted by atomic mass is 32.2. The molecule has 3 N–H and O–H groups in total. The van der Waals surface area contributed by atoms with E-state index in [1.165, 1.54) is 23.9 Å². The number of benzene rings is 2. The number of nitrogens with two attached hydrogens (primary N) is 1. The number of nitrogens with one attached hydrogen (secondary N) is 1. The highest BCUT2D eigenvalue weighted by Crippen LogP contribution is 2.20. The van der Waals surface area contributed by atoms with Crippen LogP contribution in [0.1, 0.15) is 6.42 Å². The summed E-state index contributed by atoms with van der Waals surface area (Å²) in [6.07, 6.45) is 0.114. The Hall–Kier alpha value is -1.97. The van der Waals surface area contributed by atoms with Crippen LogP contribution in [-0.2, 0) is 14.8 Å². The summed E-state index contributed by atoms with van der Waals surface area (Å²) >= 11 is 1.36. The van der Waals surface area contributed by atoms with Crippen LogP contribution < -0.4 is 10.5 Å². The summed E-state index contributed by atoms with van der Waals surface area (Å²) in [6.45, 7) is 0. The number of thioether (sulfide) groups is 1. The van der Waals surface area contributed by atoms with Crippen LogP contribution >= 0.6 is 11.8 Å². The number of sulfonamides is 1. The van der Waals surface area contributed by atoms with E-state index < -0.39 is 26.6 Å². The van der Waals surface area contributed by atoms with E-state index in [2.05, 4.69) is 5.32 Å². The first kappa shape index (κ1) is 18.4. The Kier molecular flexibility index (Phi) is 5.92. The molecule has 0 fully saturated rings. The number of rotatable bonds is 6. The first-order chi connectivity index (χ1) is 11.2. The predicted molar refractivity (Wildman–Crippen MR) is 88.1 cm³/mol. The summed E-state index contributed by atoms with van der Waals surface area (Å²) < 4.78 is 48.7. The molecule has 9 heteroatoms. The van der Waals surface area contributed by atoms with Gasteiger partial charge in [0.25, 0.3) is 0 Å². The minimum absolute atomic E-state index is 0.0100. The van der Waals surface area contributed by atoms with Crippen LogP contribution in [0.4, 0.5) is 14.5 Å². The van der Waals surface area contributed by atoms with Crippen LogP contribution in [0.15, 0.2) is 52.3 Å². The molecular weight excluding hydrogens is 358 g/mol. The molecule has 0 heterocycles. The van der Waals surface area contributed by atoms with Crippen LogP contribution in [0.5, 0.6) is 0 Å². The molecule has 0 spiro atoms. The lowest BCUT2D eigenvalue weighted by Crippen LogP contribution is -2.15. The summed E-state index contributed by atoms with van der Waals surface area (Å²) in [4.78, 5) is 12.2. The monoisotopic (exact) mass is 372 g/mol. The van der Waals surface area contributed by atoms with Crippen molar-refractivity contribution >= 4 is 33.4 Å². The minimum Gasteiger partial charge on any atom is -0.326 e. The number of anilines is 1. The summed E-state index contributed by atoms with van der Waals surface area (Å²) in [5.41, 5.74) is 0.0100. The van der Waals surface area contributed by atoms with Crippen molar-refractivity contribution in [2.45, 2.75) is 16.2 Å². The first-order valence-corrected chi connectivity index (χ1v) is 9.29. The normalized spacial score (nSPS) is 11.3. The van der Waals surface area contributed by atoms with Gasteiger partial charge in [-0.2, -0.15) is 0 Å². The maximum atomic E-state index is 13.4. The number of primary sulfonamides is 1. The van der Waals surface area contributed by atoms with Crippen molar-refractivity contribution in [3.63, 3.8) is 0 Å². The molecule has 2 aromatic rings. The Morgan fingerprint density at radius 1 is 1.08 bits per heavy atom. The Morgan fingerprint density at radius 3 is 2.38 bits per heavy atom. The van der Waals surface area contributed by atoms with Crippen molar-refractivity contribution < 1.29 is 22.0 Å². The molecule has 0 bridgehead atoms. The van der Waals surface area contributed by atoms with Gasteiger partial charge in [0.1, 0.15) is 11.6 Å². The topological polar surface area (TPSA) is 89.3 Å². The zero-order valence-corrected chi connectivity index (χ0v) is 14.0. The summed E-state index contributed by atoms with van der Waals surface area (Å²) in [5.74, 6) is -1.14. The molecule has 0 aliphatic heterocycles. The van der Waals surface area contributed by atoms with Crippen molar-refractivity contribution in [1.29, 1.82) is 0 Å². The second-order valence-corrected chi connectivity index (χ2v) is 7.55. The molecule has 5 nitrogen and oxygen atoms in total. The third kappa shape index (κ3) is 5.59. The molecule has 0 radical (unpaired) electrons. The van der Waals surface area contributed by atoms with Crippen molar-refractivity contribution in [3.05, 3.63) is 54.1 Å². The third-order valence-electron chi connectivity index (χ3n) is 2.90. The molecule has 0 aliphatic rings. The number of carbonyl (C=O) groups excluding carboxylic acids is 1. The van der Waals surface area contributed by atoms with Gasteiger partial charge in [-0.05, 0) is 42.5 Å². The van der Waals surface area contributed by atoms with Crippen molar-refractivity contribution in [2.24, 2.45) is 5.14 Å². The van der Waals surface area contributed by atoms with Gasteiger partial charge >= 0.3 is 0 Å². The van der Waals surface area contributed by atoms with E-state index in [0.29, 0.717) is 5.75 Å². The fraction of sp³-hybridized carbons (Fsp3) is 0.133. The smallest absolute Gasteiger partial charge is 0.238 e. The van der Waals surface area contributed by atoms with Crippen molar-refractivity contribution in [2.75, 3.05) is 11.1 Å². The third-order valence-corrected chi connectivity index (χ3v) is 4.80. The average Bonchev–Trinajstić information content (AvgIpc) is 2.48. The fourth-order valence-corrected chi connectivity index (χ4v) is 3.23. The Labute approximate surface area is 142 Å². The Morgan fingerprint density at radius 2 is 1.75 bits per heavy atom. The summed E-state index contributed by atoms with van der Waals surface area (Å²) in [6, 6.07) is 8.71. The number of halogens is 2. The SMILES string of the molecule is NS(=O)(=O)c1cc(F)cc(NC(=O)CCSc2ccc(F)cc2)c1. The Balaban J connectivity index is 1.92.